The molecule has 150 valence electrons. The van der Waals surface area contributed by atoms with Gasteiger partial charge in [-0.05, 0) is 69.7 Å². The van der Waals surface area contributed by atoms with E-state index < -0.39 is 11.7 Å². The Morgan fingerprint density at radius 3 is 2.46 bits per heavy atom. The molecule has 2 aromatic carbocycles. The van der Waals surface area contributed by atoms with Crippen LogP contribution >= 0.6 is 0 Å². The number of amides is 2. The topological polar surface area (TPSA) is 76.7 Å². The number of hydrogen-bond donors (Lipinski definition) is 2. The van der Waals surface area contributed by atoms with Crippen molar-refractivity contribution in [3.05, 3.63) is 59.9 Å². The number of nitrogens with one attached hydrogen (secondary N) is 2. The molecule has 0 saturated heterocycles. The molecule has 0 heterocycles. The van der Waals surface area contributed by atoms with E-state index in [4.69, 9.17) is 9.47 Å². The van der Waals surface area contributed by atoms with Gasteiger partial charge in [0, 0.05) is 17.8 Å². The molecule has 0 aliphatic rings. The van der Waals surface area contributed by atoms with Gasteiger partial charge in [0.05, 0.1) is 6.61 Å². The zero-order valence-corrected chi connectivity index (χ0v) is 16.3. The molecular weight excluding hydrogens is 363 g/mol. The first-order valence-electron chi connectivity index (χ1n) is 8.99. The molecule has 0 atom stereocenters. The first-order valence-corrected chi connectivity index (χ1v) is 8.99. The number of benzene rings is 2. The van der Waals surface area contributed by atoms with E-state index in [1.807, 2.05) is 0 Å². The molecule has 0 aromatic heterocycles. The van der Waals surface area contributed by atoms with Crippen molar-refractivity contribution in [1.82, 2.24) is 5.32 Å². The third-order valence-corrected chi connectivity index (χ3v) is 3.46. The summed E-state index contributed by atoms with van der Waals surface area (Å²) in [5.74, 6) is 0.00580. The lowest BCUT2D eigenvalue weighted by atomic mass is 10.2. The summed E-state index contributed by atoms with van der Waals surface area (Å²) >= 11 is 0. The summed E-state index contributed by atoms with van der Waals surface area (Å²) in [6.45, 7) is 6.14. The van der Waals surface area contributed by atoms with E-state index in [9.17, 15) is 14.0 Å². The Hall–Kier alpha value is -3.09. The van der Waals surface area contributed by atoms with Crippen LogP contribution in [0.3, 0.4) is 0 Å². The van der Waals surface area contributed by atoms with Gasteiger partial charge >= 0.3 is 6.09 Å². The maximum absolute atomic E-state index is 12.8. The van der Waals surface area contributed by atoms with Crippen LogP contribution in [0.25, 0.3) is 0 Å². The highest BCUT2D eigenvalue weighted by atomic mass is 19.1. The number of anilines is 1. The lowest BCUT2D eigenvalue weighted by Crippen LogP contribution is -2.28. The maximum Gasteiger partial charge on any atom is 0.412 e. The Labute approximate surface area is 164 Å². The van der Waals surface area contributed by atoms with Crippen molar-refractivity contribution in [1.29, 1.82) is 0 Å². The Morgan fingerprint density at radius 2 is 1.79 bits per heavy atom. The van der Waals surface area contributed by atoms with Gasteiger partial charge in [0.25, 0.3) is 5.91 Å². The van der Waals surface area contributed by atoms with E-state index in [1.54, 1.807) is 57.2 Å². The second-order valence-corrected chi connectivity index (χ2v) is 7.12. The van der Waals surface area contributed by atoms with Gasteiger partial charge in [-0.25, -0.2) is 9.18 Å². The minimum atomic E-state index is -0.602. The molecule has 6 nitrogen and oxygen atoms in total. The molecule has 2 aromatic rings. The van der Waals surface area contributed by atoms with Gasteiger partial charge in [-0.2, -0.15) is 0 Å². The summed E-state index contributed by atoms with van der Waals surface area (Å²) in [6.07, 6.45) is 0.0156. The van der Waals surface area contributed by atoms with E-state index >= 15 is 0 Å². The van der Waals surface area contributed by atoms with Gasteiger partial charge in [0.1, 0.15) is 17.2 Å². The molecule has 2 amide bonds. The fourth-order valence-electron chi connectivity index (χ4n) is 2.26. The van der Waals surface area contributed by atoms with E-state index in [1.165, 1.54) is 12.1 Å². The highest BCUT2D eigenvalue weighted by Gasteiger charge is 2.16. The van der Waals surface area contributed by atoms with Crippen LogP contribution in [-0.2, 0) is 4.74 Å². The van der Waals surface area contributed by atoms with Crippen molar-refractivity contribution in [3.8, 4) is 5.75 Å². The Bertz CT molecular complexity index is 801. The van der Waals surface area contributed by atoms with Crippen LogP contribution in [0.1, 0.15) is 37.6 Å². The number of hydrogen-bond acceptors (Lipinski definition) is 4. The predicted molar refractivity (Wildman–Crippen MR) is 105 cm³/mol. The molecule has 0 unspecified atom stereocenters. The standard InChI is InChI=1S/C21H25FN2O4/c1-21(2,3)28-20(26)24-17-7-4-6-15(14-17)19(25)23-12-5-13-27-18-10-8-16(22)9-11-18/h4,6-11,14H,5,12-13H2,1-3H3,(H,23,25)(H,24,26). The van der Waals surface area contributed by atoms with Crippen LogP contribution in [0.2, 0.25) is 0 Å². The van der Waals surface area contributed by atoms with Crippen molar-refractivity contribution in [3.63, 3.8) is 0 Å². The second-order valence-electron chi connectivity index (χ2n) is 7.12. The molecule has 0 saturated carbocycles. The number of rotatable bonds is 7. The van der Waals surface area contributed by atoms with Crippen LogP contribution in [0.5, 0.6) is 5.75 Å². The average molecular weight is 388 g/mol. The summed E-state index contributed by atoms with van der Waals surface area (Å²) in [6, 6.07) is 12.4. The highest BCUT2D eigenvalue weighted by Crippen LogP contribution is 2.14. The molecule has 2 rings (SSSR count). The van der Waals surface area contributed by atoms with Crippen LogP contribution < -0.4 is 15.4 Å². The third-order valence-electron chi connectivity index (χ3n) is 3.46. The Morgan fingerprint density at radius 1 is 1.07 bits per heavy atom. The fourth-order valence-corrected chi connectivity index (χ4v) is 2.26. The molecule has 2 N–H and O–H groups in total. The normalized spacial score (nSPS) is 10.9. The van der Waals surface area contributed by atoms with Gasteiger partial charge in [-0.3, -0.25) is 10.1 Å². The fraction of sp³-hybridized carbons (Fsp3) is 0.333. The van der Waals surface area contributed by atoms with E-state index in [-0.39, 0.29) is 11.7 Å². The highest BCUT2D eigenvalue weighted by molar-refractivity contribution is 5.96. The Kier molecular flexibility index (Phi) is 7.37. The van der Waals surface area contributed by atoms with Crippen LogP contribution in [0, 0.1) is 5.82 Å². The SMILES string of the molecule is CC(C)(C)OC(=O)Nc1cccc(C(=O)NCCCOc2ccc(F)cc2)c1. The molecule has 0 bridgehead atoms. The number of ether oxygens (including phenoxy) is 2. The number of halogens is 1. The molecule has 0 aliphatic carbocycles. The Balaban J connectivity index is 1.76. The van der Waals surface area contributed by atoms with Crippen LogP contribution in [-0.4, -0.2) is 30.8 Å². The summed E-state index contributed by atoms with van der Waals surface area (Å²) in [5, 5.41) is 5.39. The summed E-state index contributed by atoms with van der Waals surface area (Å²) < 4.78 is 23.5. The molecular formula is C21H25FN2O4. The van der Waals surface area contributed by atoms with Gasteiger partial charge in [-0.15, -0.1) is 0 Å². The lowest BCUT2D eigenvalue weighted by Gasteiger charge is -2.19. The van der Waals surface area contributed by atoms with Crippen LogP contribution in [0.4, 0.5) is 14.9 Å². The first kappa shape index (κ1) is 21.2. The van der Waals surface area contributed by atoms with E-state index in [2.05, 4.69) is 10.6 Å². The van der Waals surface area contributed by atoms with Gasteiger partial charge in [0.15, 0.2) is 0 Å². The predicted octanol–water partition coefficient (Wildman–Crippen LogP) is 4.37. The molecule has 0 spiro atoms. The second kappa shape index (κ2) is 9.73. The average Bonchev–Trinajstić information content (AvgIpc) is 2.61. The number of carbonyl (C=O) groups is 2. The zero-order valence-electron chi connectivity index (χ0n) is 16.3. The summed E-state index contributed by atoms with van der Waals surface area (Å²) in [5.41, 5.74) is 0.296. The van der Waals surface area contributed by atoms with Crippen molar-refractivity contribution in [2.75, 3.05) is 18.5 Å². The maximum atomic E-state index is 12.8. The summed E-state index contributed by atoms with van der Waals surface area (Å²) in [4.78, 5) is 24.1. The first-order chi connectivity index (χ1) is 13.2. The lowest BCUT2D eigenvalue weighted by molar-refractivity contribution is 0.0635. The minimum Gasteiger partial charge on any atom is -0.494 e. The quantitative estimate of drug-likeness (QED) is 0.691. The van der Waals surface area contributed by atoms with E-state index in [0.717, 1.165) is 0 Å². The summed E-state index contributed by atoms with van der Waals surface area (Å²) in [7, 11) is 0. The largest absolute Gasteiger partial charge is 0.494 e. The molecule has 0 radical (unpaired) electrons. The number of carbonyl (C=O) groups excluding carboxylic acids is 2. The van der Waals surface area contributed by atoms with E-state index in [0.29, 0.717) is 36.6 Å². The monoisotopic (exact) mass is 388 g/mol. The molecule has 28 heavy (non-hydrogen) atoms. The smallest absolute Gasteiger partial charge is 0.412 e. The zero-order chi connectivity index (χ0) is 20.6. The molecule has 0 fully saturated rings. The van der Waals surface area contributed by atoms with Gasteiger partial charge in [0.2, 0.25) is 0 Å². The third kappa shape index (κ3) is 7.65. The molecule has 0 aliphatic heterocycles. The van der Waals surface area contributed by atoms with Crippen molar-refractivity contribution < 1.29 is 23.5 Å². The van der Waals surface area contributed by atoms with Gasteiger partial charge < -0.3 is 14.8 Å². The van der Waals surface area contributed by atoms with Crippen molar-refractivity contribution >= 4 is 17.7 Å². The van der Waals surface area contributed by atoms with Gasteiger partial charge in [-0.1, -0.05) is 6.07 Å². The minimum absolute atomic E-state index is 0.255. The molecule has 7 heteroatoms. The van der Waals surface area contributed by atoms with Crippen LogP contribution in [0.15, 0.2) is 48.5 Å². The van der Waals surface area contributed by atoms with Crippen molar-refractivity contribution in [2.45, 2.75) is 32.8 Å². The van der Waals surface area contributed by atoms with Crippen molar-refractivity contribution in [2.24, 2.45) is 0 Å².